The maximum absolute atomic E-state index is 5.98. The van der Waals surface area contributed by atoms with Crippen LogP contribution in [0.4, 0.5) is 10.8 Å². The van der Waals surface area contributed by atoms with Gasteiger partial charge in [-0.05, 0) is 36.2 Å². The van der Waals surface area contributed by atoms with Gasteiger partial charge in [-0.25, -0.2) is 4.98 Å². The standard InChI is InChI=1S/C13H18N4S2/c1-7-16-9(6-18-7)10-11(14)17-19-12(10)15-5-8-4-13(8,2)3/h6,8,15H,4-5H2,1-3H3,(H2,14,17). The van der Waals surface area contributed by atoms with Crippen LogP contribution in [0.3, 0.4) is 0 Å². The van der Waals surface area contributed by atoms with E-state index in [1.54, 1.807) is 11.3 Å². The number of rotatable bonds is 4. The number of thiazole rings is 1. The Morgan fingerprint density at radius 2 is 2.26 bits per heavy atom. The SMILES string of the molecule is Cc1nc(-c2c(N)nsc2NCC2CC2(C)C)cs1. The van der Waals surface area contributed by atoms with Crippen LogP contribution in [0, 0.1) is 18.3 Å². The number of aromatic nitrogens is 2. The second kappa shape index (κ2) is 4.45. The molecule has 0 saturated heterocycles. The Morgan fingerprint density at radius 3 is 2.84 bits per heavy atom. The average Bonchev–Trinajstić information content (AvgIpc) is 2.68. The van der Waals surface area contributed by atoms with Crippen molar-refractivity contribution >= 4 is 33.7 Å². The Morgan fingerprint density at radius 1 is 1.53 bits per heavy atom. The molecule has 0 radical (unpaired) electrons. The summed E-state index contributed by atoms with van der Waals surface area (Å²) in [5, 5.41) is 7.64. The van der Waals surface area contributed by atoms with Crippen LogP contribution < -0.4 is 11.1 Å². The van der Waals surface area contributed by atoms with Gasteiger partial charge in [0.25, 0.3) is 0 Å². The van der Waals surface area contributed by atoms with E-state index < -0.39 is 0 Å². The lowest BCUT2D eigenvalue weighted by atomic mass is 10.1. The Labute approximate surface area is 121 Å². The first-order chi connectivity index (χ1) is 8.97. The highest BCUT2D eigenvalue weighted by atomic mass is 32.1. The number of hydrogen-bond acceptors (Lipinski definition) is 6. The summed E-state index contributed by atoms with van der Waals surface area (Å²) in [6.45, 7) is 7.62. The molecule has 0 bridgehead atoms. The van der Waals surface area contributed by atoms with Crippen LogP contribution in [0.5, 0.6) is 0 Å². The van der Waals surface area contributed by atoms with E-state index in [0.717, 1.165) is 33.7 Å². The molecule has 1 unspecified atom stereocenters. The minimum atomic E-state index is 0.487. The van der Waals surface area contributed by atoms with Gasteiger partial charge < -0.3 is 11.1 Å². The number of hydrogen-bond donors (Lipinski definition) is 2. The van der Waals surface area contributed by atoms with Crippen LogP contribution in [0.1, 0.15) is 25.3 Å². The summed E-state index contributed by atoms with van der Waals surface area (Å²) in [7, 11) is 0. The predicted molar refractivity (Wildman–Crippen MR) is 82.7 cm³/mol. The first kappa shape index (κ1) is 12.9. The number of aryl methyl sites for hydroxylation is 1. The maximum atomic E-state index is 5.98. The molecular formula is C13H18N4S2. The van der Waals surface area contributed by atoms with Crippen LogP contribution in [0.2, 0.25) is 0 Å². The predicted octanol–water partition coefficient (Wildman–Crippen LogP) is 3.62. The third-order valence-corrected chi connectivity index (χ3v) is 5.41. The lowest BCUT2D eigenvalue weighted by molar-refractivity contribution is 0.573. The number of nitrogens with two attached hydrogens (primary N) is 1. The van der Waals surface area contributed by atoms with Gasteiger partial charge in [0.2, 0.25) is 0 Å². The zero-order chi connectivity index (χ0) is 13.6. The van der Waals surface area contributed by atoms with Crippen molar-refractivity contribution in [2.45, 2.75) is 27.2 Å². The van der Waals surface area contributed by atoms with Gasteiger partial charge in [0.1, 0.15) is 10.8 Å². The van der Waals surface area contributed by atoms with Crippen molar-refractivity contribution in [3.8, 4) is 11.3 Å². The lowest BCUT2D eigenvalue weighted by Crippen LogP contribution is -2.07. The van der Waals surface area contributed by atoms with Gasteiger partial charge in [-0.3, -0.25) is 0 Å². The number of nitrogen functional groups attached to an aromatic ring is 1. The minimum Gasteiger partial charge on any atom is -0.382 e. The summed E-state index contributed by atoms with van der Waals surface area (Å²) >= 11 is 3.07. The molecule has 0 aliphatic heterocycles. The van der Waals surface area contributed by atoms with Crippen LogP contribution in [-0.4, -0.2) is 15.9 Å². The first-order valence-electron chi connectivity index (χ1n) is 6.39. The fourth-order valence-corrected chi connectivity index (χ4v) is 3.62. The summed E-state index contributed by atoms with van der Waals surface area (Å²) in [4.78, 5) is 4.51. The van der Waals surface area contributed by atoms with Gasteiger partial charge in [0.05, 0.1) is 16.3 Å². The highest BCUT2D eigenvalue weighted by Crippen LogP contribution is 2.51. The Balaban J connectivity index is 1.79. The number of anilines is 2. The quantitative estimate of drug-likeness (QED) is 0.904. The second-order valence-corrected chi connectivity index (χ2v) is 7.63. The number of nitrogens with one attached hydrogen (secondary N) is 1. The molecule has 2 heterocycles. The van der Waals surface area contributed by atoms with Gasteiger partial charge in [0, 0.05) is 11.9 Å². The van der Waals surface area contributed by atoms with Gasteiger partial charge in [-0.1, -0.05) is 13.8 Å². The van der Waals surface area contributed by atoms with E-state index in [0.29, 0.717) is 11.2 Å². The molecule has 0 spiro atoms. The van der Waals surface area contributed by atoms with E-state index in [9.17, 15) is 0 Å². The summed E-state index contributed by atoms with van der Waals surface area (Å²) in [6, 6.07) is 0. The van der Waals surface area contributed by atoms with Crippen LogP contribution >= 0.6 is 22.9 Å². The van der Waals surface area contributed by atoms with Crippen LogP contribution in [-0.2, 0) is 0 Å². The molecule has 1 atom stereocenters. The van der Waals surface area contributed by atoms with Crippen molar-refractivity contribution in [1.82, 2.24) is 9.36 Å². The molecule has 1 fully saturated rings. The highest BCUT2D eigenvalue weighted by Gasteiger charge is 2.45. The van der Waals surface area contributed by atoms with E-state index in [4.69, 9.17) is 5.73 Å². The Hall–Kier alpha value is -1.14. The van der Waals surface area contributed by atoms with Crippen molar-refractivity contribution in [3.05, 3.63) is 10.4 Å². The molecular weight excluding hydrogens is 276 g/mol. The first-order valence-corrected chi connectivity index (χ1v) is 8.04. The molecule has 1 saturated carbocycles. The van der Waals surface area contributed by atoms with Crippen LogP contribution in [0.15, 0.2) is 5.38 Å². The molecule has 0 aromatic carbocycles. The van der Waals surface area contributed by atoms with Gasteiger partial charge in [0.15, 0.2) is 0 Å². The maximum Gasteiger partial charge on any atom is 0.148 e. The Bertz CT molecular complexity index is 600. The molecule has 19 heavy (non-hydrogen) atoms. The molecule has 3 N–H and O–H groups in total. The third kappa shape index (κ3) is 2.47. The molecule has 102 valence electrons. The molecule has 2 aromatic rings. The molecule has 4 nitrogen and oxygen atoms in total. The zero-order valence-electron chi connectivity index (χ0n) is 11.4. The monoisotopic (exact) mass is 294 g/mol. The van der Waals surface area contributed by atoms with Crippen molar-refractivity contribution in [1.29, 1.82) is 0 Å². The van der Waals surface area contributed by atoms with Gasteiger partial charge in [-0.2, -0.15) is 4.37 Å². The van der Waals surface area contributed by atoms with E-state index in [1.807, 2.05) is 12.3 Å². The van der Waals surface area contributed by atoms with Gasteiger partial charge >= 0.3 is 0 Å². The summed E-state index contributed by atoms with van der Waals surface area (Å²) in [5.41, 5.74) is 8.37. The molecule has 2 aromatic heterocycles. The van der Waals surface area contributed by atoms with Crippen molar-refractivity contribution < 1.29 is 0 Å². The van der Waals surface area contributed by atoms with E-state index in [1.165, 1.54) is 18.0 Å². The molecule has 1 aliphatic carbocycles. The van der Waals surface area contributed by atoms with Crippen LogP contribution in [0.25, 0.3) is 11.3 Å². The van der Waals surface area contributed by atoms with E-state index in [-0.39, 0.29) is 0 Å². The number of nitrogens with zero attached hydrogens (tertiary/aromatic N) is 2. The molecule has 0 amide bonds. The van der Waals surface area contributed by atoms with Crippen molar-refractivity contribution in [2.75, 3.05) is 17.6 Å². The minimum absolute atomic E-state index is 0.487. The summed E-state index contributed by atoms with van der Waals surface area (Å²) < 4.78 is 4.26. The van der Waals surface area contributed by atoms with E-state index in [2.05, 4.69) is 28.5 Å². The topological polar surface area (TPSA) is 63.8 Å². The van der Waals surface area contributed by atoms with Crippen molar-refractivity contribution in [3.63, 3.8) is 0 Å². The van der Waals surface area contributed by atoms with E-state index >= 15 is 0 Å². The molecule has 1 aliphatic rings. The van der Waals surface area contributed by atoms with Gasteiger partial charge in [-0.15, -0.1) is 11.3 Å². The summed E-state index contributed by atoms with van der Waals surface area (Å²) in [6.07, 6.45) is 1.29. The molecule has 6 heteroatoms. The zero-order valence-corrected chi connectivity index (χ0v) is 13.0. The molecule has 3 rings (SSSR count). The van der Waals surface area contributed by atoms with Crippen molar-refractivity contribution in [2.24, 2.45) is 11.3 Å². The normalized spacial score (nSPS) is 20.5. The average molecular weight is 294 g/mol. The second-order valence-electron chi connectivity index (χ2n) is 5.79. The Kier molecular flexibility index (Phi) is 3.02. The largest absolute Gasteiger partial charge is 0.382 e. The fourth-order valence-electron chi connectivity index (χ4n) is 2.29. The highest BCUT2D eigenvalue weighted by molar-refractivity contribution is 7.11. The summed E-state index contributed by atoms with van der Waals surface area (Å²) in [5.74, 6) is 1.33. The lowest BCUT2D eigenvalue weighted by Gasteiger charge is -2.07. The fraction of sp³-hybridized carbons (Fsp3) is 0.538. The third-order valence-electron chi connectivity index (χ3n) is 3.82. The smallest absolute Gasteiger partial charge is 0.148 e.